The molecule has 2 fully saturated rings. The zero-order valence-corrected chi connectivity index (χ0v) is 19.8. The molecule has 3 N–H and O–H groups in total. The summed E-state index contributed by atoms with van der Waals surface area (Å²) in [4.78, 5) is 0. The highest BCUT2D eigenvalue weighted by molar-refractivity contribution is 7.81. The molecule has 186 valence electrons. The Labute approximate surface area is 192 Å². The van der Waals surface area contributed by atoms with E-state index in [1.54, 1.807) is 19.1 Å². The van der Waals surface area contributed by atoms with Gasteiger partial charge in [-0.05, 0) is 73.1 Å². The maximum Gasteiger partial charge on any atom is 0.446 e. The van der Waals surface area contributed by atoms with Crippen LogP contribution in [0.1, 0.15) is 49.7 Å². The van der Waals surface area contributed by atoms with Crippen LogP contribution < -0.4 is 4.18 Å². The fraction of sp³-hybridized carbons (Fsp3) is 0.667. The van der Waals surface area contributed by atoms with Gasteiger partial charge in [-0.1, -0.05) is 13.0 Å². The van der Waals surface area contributed by atoms with Gasteiger partial charge in [-0.25, -0.2) is 8.37 Å². The average molecular weight is 529 g/mol. The van der Waals surface area contributed by atoms with Gasteiger partial charge in [0.1, 0.15) is 18.0 Å². The Hall–Kier alpha value is -1.33. The molecule has 0 saturated heterocycles. The molecule has 0 aliphatic heterocycles. The Morgan fingerprint density at radius 3 is 2.21 bits per heavy atom. The number of hydrogen-bond acceptors (Lipinski definition) is 9. The molecular formula is C18H24O12S3. The molecule has 0 radical (unpaired) electrons. The van der Waals surface area contributed by atoms with Gasteiger partial charge in [0.2, 0.25) is 0 Å². The maximum atomic E-state index is 11.5. The summed E-state index contributed by atoms with van der Waals surface area (Å²) in [5.74, 6) is -0.245. The summed E-state index contributed by atoms with van der Waals surface area (Å²) < 4.78 is 109. The van der Waals surface area contributed by atoms with Gasteiger partial charge in [0.25, 0.3) is 0 Å². The summed E-state index contributed by atoms with van der Waals surface area (Å²) in [6.07, 6.45) is -0.337. The number of benzene rings is 1. The van der Waals surface area contributed by atoms with Gasteiger partial charge in [-0.2, -0.15) is 25.3 Å². The first-order valence-electron chi connectivity index (χ1n) is 10.2. The van der Waals surface area contributed by atoms with E-state index in [2.05, 4.69) is 4.18 Å². The number of aryl methyl sites for hydroxylation is 1. The monoisotopic (exact) mass is 528 g/mol. The molecule has 0 spiro atoms. The highest BCUT2D eigenvalue weighted by Gasteiger charge is 2.61. The lowest BCUT2D eigenvalue weighted by atomic mass is 9.55. The summed E-state index contributed by atoms with van der Waals surface area (Å²) in [6.45, 7) is 1.76. The standard InChI is InChI=1S/C18H24O12S3/c1-18-7-6-13-12-5-3-11(28-31(19,20)21)8-10(12)2-4-14(13)15(18)9-16(29-32(22,23)24)17(18)30-33(25,26)27/h3,5,8,13-17H,2,4,6-7,9H2,1H3,(H,19,20,21)(H,22,23,24)(H,25,26,27)/t13?,14?,15?,16-,17+,18+/m1/s1. The van der Waals surface area contributed by atoms with Gasteiger partial charge < -0.3 is 4.18 Å². The lowest BCUT2D eigenvalue weighted by Gasteiger charge is -2.50. The number of hydrogen-bond donors (Lipinski definition) is 3. The molecule has 3 aliphatic carbocycles. The minimum absolute atomic E-state index is 0.00733. The summed E-state index contributed by atoms with van der Waals surface area (Å²) in [5, 5.41) is 0. The lowest BCUT2D eigenvalue weighted by Crippen LogP contribution is -2.47. The van der Waals surface area contributed by atoms with Crippen molar-refractivity contribution in [3.8, 4) is 5.75 Å². The molecule has 0 amide bonds. The lowest BCUT2D eigenvalue weighted by molar-refractivity contribution is -0.0328. The second-order valence-corrected chi connectivity index (χ2v) is 12.2. The summed E-state index contributed by atoms with van der Waals surface area (Å²) in [7, 11) is -14.5. The third-order valence-electron chi connectivity index (χ3n) is 7.28. The molecule has 4 rings (SSSR count). The van der Waals surface area contributed by atoms with Crippen LogP contribution in [0.2, 0.25) is 0 Å². The molecule has 0 aromatic heterocycles. The molecule has 1 aromatic rings. The van der Waals surface area contributed by atoms with Gasteiger partial charge in [0.15, 0.2) is 0 Å². The molecule has 15 heteroatoms. The quantitative estimate of drug-likeness (QED) is 0.454. The molecular weight excluding hydrogens is 504 g/mol. The van der Waals surface area contributed by atoms with Crippen molar-refractivity contribution >= 4 is 31.2 Å². The molecule has 1 aromatic carbocycles. The maximum absolute atomic E-state index is 11.5. The largest absolute Gasteiger partial charge is 0.446 e. The van der Waals surface area contributed by atoms with Crippen LogP contribution in [-0.2, 0) is 46.0 Å². The minimum Gasteiger partial charge on any atom is -0.362 e. The zero-order chi connectivity index (χ0) is 24.4. The van der Waals surface area contributed by atoms with Crippen molar-refractivity contribution in [3.63, 3.8) is 0 Å². The van der Waals surface area contributed by atoms with Crippen molar-refractivity contribution in [1.82, 2.24) is 0 Å². The molecule has 3 unspecified atom stereocenters. The highest BCUT2D eigenvalue weighted by Crippen LogP contribution is 2.62. The minimum atomic E-state index is -4.92. The van der Waals surface area contributed by atoms with Gasteiger partial charge in [0.05, 0.1) is 0 Å². The normalized spacial score (nSPS) is 34.2. The van der Waals surface area contributed by atoms with E-state index in [9.17, 15) is 34.4 Å². The van der Waals surface area contributed by atoms with Crippen LogP contribution in [0.3, 0.4) is 0 Å². The number of rotatable bonds is 6. The van der Waals surface area contributed by atoms with E-state index in [4.69, 9.17) is 12.9 Å². The van der Waals surface area contributed by atoms with Gasteiger partial charge >= 0.3 is 31.2 Å². The number of fused-ring (bicyclic) bond motifs is 5. The molecule has 6 atom stereocenters. The van der Waals surface area contributed by atoms with Crippen molar-refractivity contribution in [1.29, 1.82) is 0 Å². The van der Waals surface area contributed by atoms with Crippen LogP contribution in [0.25, 0.3) is 0 Å². The topological polar surface area (TPSA) is 191 Å². The van der Waals surface area contributed by atoms with E-state index in [0.29, 0.717) is 25.7 Å². The molecule has 3 aliphatic rings. The van der Waals surface area contributed by atoms with E-state index in [1.165, 1.54) is 6.07 Å². The fourth-order valence-electron chi connectivity index (χ4n) is 6.22. The molecule has 2 saturated carbocycles. The van der Waals surface area contributed by atoms with Gasteiger partial charge in [-0.15, -0.1) is 0 Å². The van der Waals surface area contributed by atoms with E-state index in [0.717, 1.165) is 11.1 Å². The Morgan fingerprint density at radius 1 is 0.939 bits per heavy atom. The van der Waals surface area contributed by atoms with Gasteiger partial charge in [-0.3, -0.25) is 13.7 Å². The highest BCUT2D eigenvalue weighted by atomic mass is 32.3. The third-order valence-corrected chi connectivity index (χ3v) is 8.63. The van der Waals surface area contributed by atoms with Crippen molar-refractivity contribution in [2.45, 2.75) is 57.2 Å². The first-order chi connectivity index (χ1) is 15.1. The van der Waals surface area contributed by atoms with E-state index in [1.807, 2.05) is 0 Å². The van der Waals surface area contributed by atoms with Crippen molar-refractivity contribution in [2.24, 2.45) is 17.3 Å². The smallest absolute Gasteiger partial charge is 0.362 e. The Bertz CT molecular complexity index is 1260. The van der Waals surface area contributed by atoms with E-state index in [-0.39, 0.29) is 29.9 Å². The van der Waals surface area contributed by atoms with E-state index < -0.39 is 48.8 Å². The summed E-state index contributed by atoms with van der Waals surface area (Å²) in [5.41, 5.74) is 0.968. The molecule has 12 nitrogen and oxygen atoms in total. The SMILES string of the molecule is C[C@]12CCC3c4ccc(OS(=O)(=O)O)cc4CCC3C1C[C@@H](OS(=O)(=O)O)[C@@H]2OS(=O)(=O)O. The Balaban J connectivity index is 1.66. The van der Waals surface area contributed by atoms with Crippen LogP contribution in [0.4, 0.5) is 0 Å². The fourth-order valence-corrected chi connectivity index (χ4v) is 7.67. The molecule has 33 heavy (non-hydrogen) atoms. The molecule has 0 bridgehead atoms. The van der Waals surface area contributed by atoms with Crippen LogP contribution in [-0.4, -0.2) is 51.1 Å². The predicted molar refractivity (Wildman–Crippen MR) is 111 cm³/mol. The van der Waals surface area contributed by atoms with Crippen molar-refractivity contribution in [2.75, 3.05) is 0 Å². The first-order valence-corrected chi connectivity index (χ1v) is 14.3. The van der Waals surface area contributed by atoms with Crippen LogP contribution >= 0.6 is 0 Å². The second-order valence-electron chi connectivity index (χ2n) is 9.07. The van der Waals surface area contributed by atoms with Crippen LogP contribution in [0.15, 0.2) is 18.2 Å². The summed E-state index contributed by atoms with van der Waals surface area (Å²) in [6, 6.07) is 4.71. The van der Waals surface area contributed by atoms with Crippen molar-refractivity contribution < 1.29 is 51.5 Å². The van der Waals surface area contributed by atoms with Crippen LogP contribution in [0.5, 0.6) is 5.75 Å². The Morgan fingerprint density at radius 2 is 1.61 bits per heavy atom. The van der Waals surface area contributed by atoms with Gasteiger partial charge in [0, 0.05) is 5.41 Å². The zero-order valence-electron chi connectivity index (χ0n) is 17.4. The van der Waals surface area contributed by atoms with Crippen molar-refractivity contribution in [3.05, 3.63) is 29.3 Å². The summed E-state index contributed by atoms with van der Waals surface area (Å²) >= 11 is 0. The van der Waals surface area contributed by atoms with E-state index >= 15 is 0 Å². The first kappa shape index (κ1) is 24.8. The average Bonchev–Trinajstić information content (AvgIpc) is 2.89. The van der Waals surface area contributed by atoms with Crippen LogP contribution in [0, 0.1) is 17.3 Å². The third kappa shape index (κ3) is 5.19. The Kier molecular flexibility index (Phi) is 6.10. The predicted octanol–water partition coefficient (Wildman–Crippen LogP) is 1.71. The molecule has 0 heterocycles. The second kappa shape index (κ2) is 8.12.